The third-order valence-electron chi connectivity index (χ3n) is 5.04. The molecule has 2 amide bonds. The highest BCUT2D eigenvalue weighted by Crippen LogP contribution is 2.36. The number of rotatable bonds is 5. The van der Waals surface area contributed by atoms with Crippen LogP contribution in [0.4, 0.5) is 10.2 Å². The summed E-state index contributed by atoms with van der Waals surface area (Å²) < 4.78 is 24.4. The van der Waals surface area contributed by atoms with E-state index in [0.29, 0.717) is 46.8 Å². The Kier molecular flexibility index (Phi) is 5.79. The van der Waals surface area contributed by atoms with Crippen molar-refractivity contribution in [1.29, 1.82) is 0 Å². The molecule has 2 aromatic heterocycles. The molecule has 0 saturated heterocycles. The molecule has 0 fully saturated rings. The summed E-state index contributed by atoms with van der Waals surface area (Å²) in [5, 5.41) is 3.41. The van der Waals surface area contributed by atoms with Gasteiger partial charge in [-0.05, 0) is 49.6 Å². The van der Waals surface area contributed by atoms with Crippen molar-refractivity contribution < 1.29 is 18.7 Å². The van der Waals surface area contributed by atoms with E-state index >= 15 is 0 Å². The van der Waals surface area contributed by atoms with Crippen LogP contribution in [-0.2, 0) is 16.1 Å². The number of aryl methyl sites for hydroxylation is 1. The molecule has 162 valence electrons. The Hall–Kier alpha value is -3.18. The number of halogens is 1. The van der Waals surface area contributed by atoms with E-state index in [1.807, 2.05) is 11.5 Å². The number of carbonyl (C=O) groups excluding carboxylic acids is 2. The Labute approximate surface area is 182 Å². The van der Waals surface area contributed by atoms with Gasteiger partial charge in [-0.1, -0.05) is 0 Å². The maximum Gasteiger partial charge on any atom is 0.254 e. The van der Waals surface area contributed by atoms with Crippen molar-refractivity contribution in [3.8, 4) is 10.8 Å². The lowest BCUT2D eigenvalue weighted by atomic mass is 10.1. The highest BCUT2D eigenvalue weighted by Gasteiger charge is 2.35. The summed E-state index contributed by atoms with van der Waals surface area (Å²) >= 11 is 1.23. The van der Waals surface area contributed by atoms with Gasteiger partial charge in [-0.3, -0.25) is 9.59 Å². The molecule has 0 unspecified atom stereocenters. The average Bonchev–Trinajstić information content (AvgIpc) is 3.32. The minimum absolute atomic E-state index is 0.119. The Bertz CT molecular complexity index is 1130. The largest absolute Gasteiger partial charge is 0.375 e. The number of nitrogens with zero attached hydrogens (tertiary/aromatic N) is 5. The minimum atomic E-state index is -0.401. The summed E-state index contributed by atoms with van der Waals surface area (Å²) in [5.41, 5.74) is 1.08. The van der Waals surface area contributed by atoms with Crippen molar-refractivity contribution in [2.75, 3.05) is 25.6 Å². The van der Waals surface area contributed by atoms with Gasteiger partial charge in [-0.25, -0.2) is 14.4 Å². The predicted molar refractivity (Wildman–Crippen MR) is 112 cm³/mol. The predicted octanol–water partition coefficient (Wildman–Crippen LogP) is 2.65. The number of imidazole rings is 1. The van der Waals surface area contributed by atoms with Crippen molar-refractivity contribution in [3.63, 3.8) is 0 Å². The molecular weight excluding hydrogens is 423 g/mol. The molecule has 11 heteroatoms. The number of benzene rings is 1. The standard InChI is InChI=1S/C20H21FN6O3S/c1-11-16-17(23-15(28)10-30-3)24-18(19-22-12(2)25-31-19)27(16)9-8-26(11)20(29)13-4-6-14(21)7-5-13/h4-7,11H,8-10H2,1-3H3,(H,23,28)/t11-/m1/s1. The number of hydrogen-bond acceptors (Lipinski definition) is 7. The monoisotopic (exact) mass is 444 g/mol. The molecule has 0 radical (unpaired) electrons. The molecular formula is C20H21FN6O3S. The molecule has 1 N–H and O–H groups in total. The molecule has 9 nitrogen and oxygen atoms in total. The zero-order valence-corrected chi connectivity index (χ0v) is 18.1. The van der Waals surface area contributed by atoms with Gasteiger partial charge in [0.2, 0.25) is 0 Å². The number of hydrogen-bond donors (Lipinski definition) is 1. The van der Waals surface area contributed by atoms with Gasteiger partial charge in [0.1, 0.15) is 18.2 Å². The second kappa shape index (κ2) is 8.52. The summed E-state index contributed by atoms with van der Waals surface area (Å²) in [6, 6.07) is 5.07. The second-order valence-corrected chi connectivity index (χ2v) is 7.88. The first kappa shape index (κ1) is 21.1. The van der Waals surface area contributed by atoms with Gasteiger partial charge >= 0.3 is 0 Å². The zero-order valence-electron chi connectivity index (χ0n) is 17.3. The fraction of sp³-hybridized carbons (Fsp3) is 0.350. The molecule has 3 heterocycles. The molecule has 0 aliphatic carbocycles. The average molecular weight is 444 g/mol. The highest BCUT2D eigenvalue weighted by molar-refractivity contribution is 7.09. The molecule has 3 aromatic rings. The first-order chi connectivity index (χ1) is 14.9. The van der Waals surface area contributed by atoms with Gasteiger partial charge in [-0.15, -0.1) is 0 Å². The maximum atomic E-state index is 13.3. The van der Waals surface area contributed by atoms with Crippen LogP contribution >= 0.6 is 11.5 Å². The Morgan fingerprint density at radius 3 is 2.65 bits per heavy atom. The molecule has 1 aromatic carbocycles. The SMILES string of the molecule is COCC(=O)Nc1nc(-c2nc(C)ns2)n2c1[C@@H](C)N(C(=O)c1ccc(F)cc1)CC2. The van der Waals surface area contributed by atoms with Crippen LogP contribution in [0.2, 0.25) is 0 Å². The second-order valence-electron chi connectivity index (χ2n) is 7.13. The van der Waals surface area contributed by atoms with Gasteiger partial charge in [-0.2, -0.15) is 4.37 Å². The number of methoxy groups -OCH3 is 1. The fourth-order valence-electron chi connectivity index (χ4n) is 3.64. The van der Waals surface area contributed by atoms with Crippen molar-refractivity contribution in [2.24, 2.45) is 0 Å². The summed E-state index contributed by atoms with van der Waals surface area (Å²) in [6.45, 7) is 4.44. The Morgan fingerprint density at radius 2 is 2.00 bits per heavy atom. The lowest BCUT2D eigenvalue weighted by molar-refractivity contribution is -0.119. The van der Waals surface area contributed by atoms with Crippen LogP contribution in [0.5, 0.6) is 0 Å². The summed E-state index contributed by atoms with van der Waals surface area (Å²) in [5.74, 6) is 0.615. The summed E-state index contributed by atoms with van der Waals surface area (Å²) in [6.07, 6.45) is 0. The molecule has 0 bridgehead atoms. The van der Waals surface area contributed by atoms with Gasteiger partial charge in [0, 0.05) is 25.8 Å². The van der Waals surface area contributed by atoms with Crippen LogP contribution in [0.15, 0.2) is 24.3 Å². The van der Waals surface area contributed by atoms with Crippen LogP contribution in [-0.4, -0.2) is 55.9 Å². The molecule has 1 atom stereocenters. The Balaban J connectivity index is 1.73. The number of amides is 2. The van der Waals surface area contributed by atoms with Crippen molar-refractivity contribution in [2.45, 2.75) is 26.4 Å². The third-order valence-corrected chi connectivity index (χ3v) is 5.84. The van der Waals surface area contributed by atoms with Gasteiger partial charge in [0.15, 0.2) is 16.6 Å². The molecule has 1 aliphatic rings. The number of aromatic nitrogens is 4. The number of ether oxygens (including phenoxy) is 1. The van der Waals surface area contributed by atoms with Gasteiger partial charge in [0.25, 0.3) is 11.8 Å². The third kappa shape index (κ3) is 4.06. The van der Waals surface area contributed by atoms with E-state index in [1.54, 1.807) is 11.8 Å². The van der Waals surface area contributed by atoms with E-state index < -0.39 is 5.82 Å². The molecule has 0 saturated carbocycles. The number of nitrogens with one attached hydrogen (secondary N) is 1. The highest BCUT2D eigenvalue weighted by atomic mass is 32.1. The lowest BCUT2D eigenvalue weighted by Crippen LogP contribution is -2.41. The van der Waals surface area contributed by atoms with Crippen LogP contribution < -0.4 is 5.32 Å². The number of carbonyl (C=O) groups is 2. The van der Waals surface area contributed by atoms with Crippen molar-refractivity contribution in [3.05, 3.63) is 47.2 Å². The Morgan fingerprint density at radius 1 is 1.26 bits per heavy atom. The van der Waals surface area contributed by atoms with Crippen LogP contribution in [0, 0.1) is 12.7 Å². The van der Waals surface area contributed by atoms with E-state index in [9.17, 15) is 14.0 Å². The summed E-state index contributed by atoms with van der Waals surface area (Å²) in [4.78, 5) is 36.0. The maximum absolute atomic E-state index is 13.3. The molecule has 31 heavy (non-hydrogen) atoms. The molecule has 1 aliphatic heterocycles. The smallest absolute Gasteiger partial charge is 0.254 e. The van der Waals surface area contributed by atoms with E-state index in [0.717, 1.165) is 0 Å². The van der Waals surface area contributed by atoms with E-state index in [1.165, 1.54) is 42.9 Å². The van der Waals surface area contributed by atoms with Crippen molar-refractivity contribution in [1.82, 2.24) is 23.8 Å². The quantitative estimate of drug-likeness (QED) is 0.649. The lowest BCUT2D eigenvalue weighted by Gasteiger charge is -2.35. The van der Waals surface area contributed by atoms with Gasteiger partial charge < -0.3 is 19.5 Å². The van der Waals surface area contributed by atoms with E-state index in [2.05, 4.69) is 19.7 Å². The number of fused-ring (bicyclic) bond motifs is 1. The first-order valence-corrected chi connectivity index (χ1v) is 10.4. The van der Waals surface area contributed by atoms with Gasteiger partial charge in [0.05, 0.1) is 11.7 Å². The fourth-order valence-corrected chi connectivity index (χ4v) is 4.31. The van der Waals surface area contributed by atoms with Crippen LogP contribution in [0.1, 0.15) is 34.8 Å². The van der Waals surface area contributed by atoms with Crippen molar-refractivity contribution >= 4 is 29.2 Å². The normalized spacial score (nSPS) is 15.6. The molecule has 0 spiro atoms. The zero-order chi connectivity index (χ0) is 22.1. The first-order valence-electron chi connectivity index (χ1n) is 9.65. The minimum Gasteiger partial charge on any atom is -0.375 e. The van der Waals surface area contributed by atoms with E-state index in [4.69, 9.17) is 4.74 Å². The number of anilines is 1. The topological polar surface area (TPSA) is 102 Å². The van der Waals surface area contributed by atoms with Crippen LogP contribution in [0.25, 0.3) is 10.8 Å². The van der Waals surface area contributed by atoms with Crippen LogP contribution in [0.3, 0.4) is 0 Å². The molecule has 4 rings (SSSR count). The summed E-state index contributed by atoms with van der Waals surface area (Å²) in [7, 11) is 1.43. The van der Waals surface area contributed by atoms with E-state index in [-0.39, 0.29) is 24.5 Å².